The minimum absolute atomic E-state index is 0.0383. The number of ether oxygens (including phenoxy) is 1. The summed E-state index contributed by atoms with van der Waals surface area (Å²) < 4.78 is 18.8. The maximum atomic E-state index is 13.8. The van der Waals surface area contributed by atoms with Crippen LogP contribution in [0.4, 0.5) is 14.9 Å². The molecule has 0 saturated carbocycles. The Morgan fingerprint density at radius 2 is 2.04 bits per heavy atom. The van der Waals surface area contributed by atoms with Crippen molar-refractivity contribution in [1.82, 2.24) is 0 Å². The van der Waals surface area contributed by atoms with E-state index in [1.54, 1.807) is 6.08 Å². The SMILES string of the molecule is C=CCC(O)c1ccc(F)c(NC(=O)OCc2ccccc2)c1. The van der Waals surface area contributed by atoms with Crippen LogP contribution >= 0.6 is 0 Å². The van der Waals surface area contributed by atoms with Crippen molar-refractivity contribution in [3.05, 3.63) is 78.1 Å². The zero-order chi connectivity index (χ0) is 16.7. The second-order valence-electron chi connectivity index (χ2n) is 4.97. The number of aliphatic hydroxyl groups is 1. The number of nitrogens with one attached hydrogen (secondary N) is 1. The number of carbonyl (C=O) groups is 1. The molecule has 1 unspecified atom stereocenters. The lowest BCUT2D eigenvalue weighted by Crippen LogP contribution is -2.15. The number of rotatable bonds is 6. The molecule has 0 saturated heterocycles. The Kier molecular flexibility index (Phi) is 5.88. The Bertz CT molecular complexity index is 673. The highest BCUT2D eigenvalue weighted by molar-refractivity contribution is 5.84. The third-order valence-electron chi connectivity index (χ3n) is 3.21. The molecule has 0 aliphatic heterocycles. The Morgan fingerprint density at radius 1 is 1.30 bits per heavy atom. The first kappa shape index (κ1) is 16.7. The fraction of sp³-hybridized carbons (Fsp3) is 0.167. The van der Waals surface area contributed by atoms with Crippen molar-refractivity contribution in [2.24, 2.45) is 0 Å². The largest absolute Gasteiger partial charge is 0.444 e. The molecule has 5 heteroatoms. The molecule has 2 aromatic carbocycles. The summed E-state index contributed by atoms with van der Waals surface area (Å²) in [5.41, 5.74) is 1.28. The number of aliphatic hydroxyl groups excluding tert-OH is 1. The highest BCUT2D eigenvalue weighted by Gasteiger charge is 2.12. The van der Waals surface area contributed by atoms with Gasteiger partial charge in [0.25, 0.3) is 0 Å². The summed E-state index contributed by atoms with van der Waals surface area (Å²) in [4.78, 5) is 11.8. The molecule has 0 bridgehead atoms. The molecule has 1 amide bonds. The molecule has 2 aromatic rings. The molecule has 1 atom stereocenters. The highest BCUT2D eigenvalue weighted by atomic mass is 19.1. The smallest absolute Gasteiger partial charge is 0.412 e. The van der Waals surface area contributed by atoms with Crippen LogP contribution in [0, 0.1) is 5.82 Å². The number of carbonyl (C=O) groups excluding carboxylic acids is 1. The number of halogens is 1. The monoisotopic (exact) mass is 315 g/mol. The fourth-order valence-electron chi connectivity index (χ4n) is 2.01. The minimum atomic E-state index is -0.797. The fourth-order valence-corrected chi connectivity index (χ4v) is 2.01. The molecule has 0 spiro atoms. The summed E-state index contributed by atoms with van der Waals surface area (Å²) in [5, 5.41) is 12.2. The zero-order valence-electron chi connectivity index (χ0n) is 12.5. The zero-order valence-corrected chi connectivity index (χ0v) is 12.5. The second kappa shape index (κ2) is 8.10. The molecule has 0 aliphatic rings. The first-order valence-corrected chi connectivity index (χ1v) is 7.16. The topological polar surface area (TPSA) is 58.6 Å². The lowest BCUT2D eigenvalue weighted by Gasteiger charge is -2.12. The summed E-state index contributed by atoms with van der Waals surface area (Å²) in [7, 11) is 0. The molecule has 120 valence electrons. The van der Waals surface area contributed by atoms with Crippen LogP contribution in [0.3, 0.4) is 0 Å². The third kappa shape index (κ3) is 4.93. The van der Waals surface area contributed by atoms with E-state index in [-0.39, 0.29) is 12.3 Å². The van der Waals surface area contributed by atoms with E-state index in [1.807, 2.05) is 30.3 Å². The van der Waals surface area contributed by atoms with Gasteiger partial charge in [-0.1, -0.05) is 42.5 Å². The van der Waals surface area contributed by atoms with Gasteiger partial charge in [-0.15, -0.1) is 6.58 Å². The first-order chi connectivity index (χ1) is 11.1. The molecule has 2 rings (SSSR count). The molecule has 2 N–H and O–H groups in total. The van der Waals surface area contributed by atoms with Crippen LogP contribution in [-0.2, 0) is 11.3 Å². The molecular formula is C18H18FNO3. The van der Waals surface area contributed by atoms with Crippen LogP contribution in [0.5, 0.6) is 0 Å². The van der Waals surface area contributed by atoms with E-state index in [1.165, 1.54) is 18.2 Å². The molecule has 4 nitrogen and oxygen atoms in total. The Hall–Kier alpha value is -2.66. The van der Waals surface area contributed by atoms with Gasteiger partial charge in [0.15, 0.2) is 0 Å². The Balaban J connectivity index is 1.99. The summed E-state index contributed by atoms with van der Waals surface area (Å²) in [6.07, 6.45) is 0.343. The van der Waals surface area contributed by atoms with Crippen LogP contribution in [0.1, 0.15) is 23.7 Å². The number of hydrogen-bond donors (Lipinski definition) is 2. The molecule has 0 aromatic heterocycles. The molecule has 0 radical (unpaired) electrons. The summed E-state index contributed by atoms with van der Waals surface area (Å²) in [5.74, 6) is -0.601. The average molecular weight is 315 g/mol. The lowest BCUT2D eigenvalue weighted by molar-refractivity contribution is 0.155. The van der Waals surface area contributed by atoms with E-state index < -0.39 is 18.0 Å². The predicted octanol–water partition coefficient (Wildman–Crippen LogP) is 4.18. The Morgan fingerprint density at radius 3 is 2.74 bits per heavy atom. The molecule has 23 heavy (non-hydrogen) atoms. The van der Waals surface area contributed by atoms with Crippen molar-refractivity contribution in [3.8, 4) is 0 Å². The van der Waals surface area contributed by atoms with Gasteiger partial charge < -0.3 is 9.84 Å². The molecule has 0 heterocycles. The van der Waals surface area contributed by atoms with E-state index >= 15 is 0 Å². The van der Waals surface area contributed by atoms with Crippen LogP contribution < -0.4 is 5.32 Å². The second-order valence-corrected chi connectivity index (χ2v) is 4.97. The molecular weight excluding hydrogens is 297 g/mol. The third-order valence-corrected chi connectivity index (χ3v) is 3.21. The minimum Gasteiger partial charge on any atom is -0.444 e. The average Bonchev–Trinajstić information content (AvgIpc) is 2.56. The standard InChI is InChI=1S/C18H18FNO3/c1-2-6-17(21)14-9-10-15(19)16(11-14)20-18(22)23-12-13-7-4-3-5-8-13/h2-5,7-11,17,21H,1,6,12H2,(H,20,22). The normalized spacial score (nSPS) is 11.6. The van der Waals surface area contributed by atoms with E-state index in [4.69, 9.17) is 4.74 Å². The van der Waals surface area contributed by atoms with Crippen LogP contribution in [-0.4, -0.2) is 11.2 Å². The summed E-state index contributed by atoms with van der Waals surface area (Å²) in [6, 6.07) is 13.2. The van der Waals surface area contributed by atoms with Gasteiger partial charge in [0.1, 0.15) is 12.4 Å². The van der Waals surface area contributed by atoms with Crippen molar-refractivity contribution in [1.29, 1.82) is 0 Å². The van der Waals surface area contributed by atoms with Crippen LogP contribution in [0.15, 0.2) is 61.2 Å². The van der Waals surface area contributed by atoms with E-state index in [9.17, 15) is 14.3 Å². The van der Waals surface area contributed by atoms with Crippen LogP contribution in [0.25, 0.3) is 0 Å². The predicted molar refractivity (Wildman–Crippen MR) is 86.4 cm³/mol. The van der Waals surface area contributed by atoms with Crippen molar-refractivity contribution >= 4 is 11.8 Å². The maximum Gasteiger partial charge on any atom is 0.412 e. The van der Waals surface area contributed by atoms with Gasteiger partial charge in [-0.05, 0) is 29.7 Å². The van der Waals surface area contributed by atoms with Gasteiger partial charge in [-0.25, -0.2) is 9.18 Å². The molecule has 0 aliphatic carbocycles. The number of anilines is 1. The van der Waals surface area contributed by atoms with Crippen molar-refractivity contribution in [3.63, 3.8) is 0 Å². The maximum absolute atomic E-state index is 13.8. The van der Waals surface area contributed by atoms with E-state index in [0.717, 1.165) is 5.56 Å². The summed E-state index contributed by atoms with van der Waals surface area (Å²) >= 11 is 0. The van der Waals surface area contributed by atoms with E-state index in [2.05, 4.69) is 11.9 Å². The first-order valence-electron chi connectivity index (χ1n) is 7.16. The van der Waals surface area contributed by atoms with Crippen molar-refractivity contribution < 1.29 is 19.0 Å². The lowest BCUT2D eigenvalue weighted by atomic mass is 10.1. The van der Waals surface area contributed by atoms with Gasteiger partial charge in [-0.3, -0.25) is 5.32 Å². The number of benzene rings is 2. The molecule has 0 fully saturated rings. The number of hydrogen-bond acceptors (Lipinski definition) is 3. The summed E-state index contributed by atoms with van der Waals surface area (Å²) in [6.45, 7) is 3.63. The van der Waals surface area contributed by atoms with Gasteiger partial charge in [0, 0.05) is 0 Å². The van der Waals surface area contributed by atoms with Gasteiger partial charge in [0.2, 0.25) is 0 Å². The van der Waals surface area contributed by atoms with Gasteiger partial charge >= 0.3 is 6.09 Å². The van der Waals surface area contributed by atoms with Gasteiger partial charge in [0.05, 0.1) is 11.8 Å². The van der Waals surface area contributed by atoms with Crippen molar-refractivity contribution in [2.45, 2.75) is 19.1 Å². The number of amides is 1. The van der Waals surface area contributed by atoms with Gasteiger partial charge in [-0.2, -0.15) is 0 Å². The Labute approximate surface area is 134 Å². The van der Waals surface area contributed by atoms with Crippen molar-refractivity contribution in [2.75, 3.05) is 5.32 Å². The van der Waals surface area contributed by atoms with Crippen LogP contribution in [0.2, 0.25) is 0 Å². The quantitative estimate of drug-likeness (QED) is 0.786. The van der Waals surface area contributed by atoms with E-state index in [0.29, 0.717) is 12.0 Å². The highest BCUT2D eigenvalue weighted by Crippen LogP contribution is 2.23.